The van der Waals surface area contributed by atoms with Crippen LogP contribution >= 0.6 is 0 Å². The van der Waals surface area contributed by atoms with E-state index in [9.17, 15) is 5.11 Å². The van der Waals surface area contributed by atoms with E-state index < -0.39 is 5.60 Å². The van der Waals surface area contributed by atoms with Crippen LogP contribution in [0, 0.1) is 13.8 Å². The Morgan fingerprint density at radius 3 is 2.22 bits per heavy atom. The fourth-order valence-corrected chi connectivity index (χ4v) is 2.91. The molecule has 1 aromatic carbocycles. The largest absolute Gasteiger partial charge is 0.384 e. The lowest BCUT2D eigenvalue weighted by atomic mass is 9.96. The molecule has 0 saturated carbocycles. The summed E-state index contributed by atoms with van der Waals surface area (Å²) in [5.74, 6) is 0. The van der Waals surface area contributed by atoms with Gasteiger partial charge in [0.1, 0.15) is 0 Å². The van der Waals surface area contributed by atoms with Gasteiger partial charge in [0, 0.05) is 24.3 Å². The molecule has 4 heteroatoms. The third-order valence-electron chi connectivity index (χ3n) is 4.24. The molecule has 23 heavy (non-hydrogen) atoms. The fourth-order valence-electron chi connectivity index (χ4n) is 2.91. The molecule has 0 saturated heterocycles. The first kappa shape index (κ1) is 17.7. The molecular weight excluding hydrogens is 286 g/mol. The highest BCUT2D eigenvalue weighted by molar-refractivity contribution is 5.26. The molecule has 0 aliphatic heterocycles. The van der Waals surface area contributed by atoms with Crippen LogP contribution < -0.4 is 5.32 Å². The monoisotopic (exact) mass is 315 g/mol. The lowest BCUT2D eigenvalue weighted by Crippen LogP contribution is -2.35. The Hall–Kier alpha value is -1.65. The van der Waals surface area contributed by atoms with Crippen LogP contribution in [0.15, 0.2) is 30.3 Å². The van der Waals surface area contributed by atoms with Crippen molar-refractivity contribution in [3.63, 3.8) is 0 Å². The van der Waals surface area contributed by atoms with Crippen molar-refractivity contribution in [2.75, 3.05) is 6.54 Å². The Kier molecular flexibility index (Phi) is 4.97. The molecule has 0 amide bonds. The van der Waals surface area contributed by atoms with Crippen LogP contribution in [0.2, 0.25) is 0 Å². The second-order valence-electron chi connectivity index (χ2n) is 7.48. The Balaban J connectivity index is 2.06. The first-order valence-corrected chi connectivity index (χ1v) is 8.17. The molecule has 1 heterocycles. The summed E-state index contributed by atoms with van der Waals surface area (Å²) >= 11 is 0. The number of aryl methyl sites for hydroxylation is 1. The van der Waals surface area contributed by atoms with E-state index in [0.29, 0.717) is 13.1 Å². The number of aromatic nitrogens is 2. The highest BCUT2D eigenvalue weighted by Gasteiger charge is 2.24. The SMILES string of the molecule is Cc1nn(C(C)(C)C)c(C)c1CNCC(C)(O)c1ccccc1. The second-order valence-corrected chi connectivity index (χ2v) is 7.48. The van der Waals surface area contributed by atoms with Crippen LogP contribution in [0.25, 0.3) is 0 Å². The highest BCUT2D eigenvalue weighted by atomic mass is 16.3. The van der Waals surface area contributed by atoms with Crippen LogP contribution in [0.4, 0.5) is 0 Å². The minimum Gasteiger partial charge on any atom is -0.384 e. The zero-order chi connectivity index (χ0) is 17.3. The van der Waals surface area contributed by atoms with Crippen molar-refractivity contribution >= 4 is 0 Å². The summed E-state index contributed by atoms with van der Waals surface area (Å²) in [6.07, 6.45) is 0. The predicted octanol–water partition coefficient (Wildman–Crippen LogP) is 3.25. The standard InChI is InChI=1S/C19H29N3O/c1-14-17(15(2)22(21-14)18(3,4)5)12-20-13-19(6,23)16-10-8-7-9-11-16/h7-11,20,23H,12-13H2,1-6H3. The van der Waals surface area contributed by atoms with E-state index in [1.165, 1.54) is 11.3 Å². The first-order valence-electron chi connectivity index (χ1n) is 8.17. The number of hydrogen-bond acceptors (Lipinski definition) is 3. The maximum atomic E-state index is 10.7. The molecular formula is C19H29N3O. The lowest BCUT2D eigenvalue weighted by Gasteiger charge is -2.24. The van der Waals surface area contributed by atoms with Crippen LogP contribution in [0.3, 0.4) is 0 Å². The van der Waals surface area contributed by atoms with E-state index in [4.69, 9.17) is 0 Å². The molecule has 4 nitrogen and oxygen atoms in total. The zero-order valence-electron chi connectivity index (χ0n) is 15.1. The number of nitrogens with one attached hydrogen (secondary N) is 1. The third kappa shape index (κ3) is 4.01. The summed E-state index contributed by atoms with van der Waals surface area (Å²) in [5.41, 5.74) is 3.45. The smallest absolute Gasteiger partial charge is 0.0992 e. The van der Waals surface area contributed by atoms with Gasteiger partial charge in [-0.05, 0) is 47.1 Å². The maximum Gasteiger partial charge on any atom is 0.0992 e. The van der Waals surface area contributed by atoms with Gasteiger partial charge in [0.25, 0.3) is 0 Å². The van der Waals surface area contributed by atoms with E-state index >= 15 is 0 Å². The second kappa shape index (κ2) is 6.46. The molecule has 1 atom stereocenters. The molecule has 0 aliphatic carbocycles. The van der Waals surface area contributed by atoms with Crippen molar-refractivity contribution in [3.05, 3.63) is 52.8 Å². The maximum absolute atomic E-state index is 10.7. The molecule has 1 unspecified atom stereocenters. The zero-order valence-corrected chi connectivity index (χ0v) is 15.1. The molecule has 2 rings (SSSR count). The van der Waals surface area contributed by atoms with Gasteiger partial charge in [-0.3, -0.25) is 4.68 Å². The number of benzene rings is 1. The van der Waals surface area contributed by atoms with Gasteiger partial charge in [-0.1, -0.05) is 30.3 Å². The number of nitrogens with zero attached hydrogens (tertiary/aromatic N) is 2. The summed E-state index contributed by atoms with van der Waals surface area (Å²) in [7, 11) is 0. The van der Waals surface area contributed by atoms with Crippen molar-refractivity contribution in [1.29, 1.82) is 0 Å². The minimum atomic E-state index is -0.886. The van der Waals surface area contributed by atoms with Gasteiger partial charge in [0.15, 0.2) is 0 Å². The summed E-state index contributed by atoms with van der Waals surface area (Å²) < 4.78 is 2.08. The molecule has 0 fully saturated rings. The van der Waals surface area contributed by atoms with Crippen LogP contribution in [0.5, 0.6) is 0 Å². The molecule has 126 valence electrons. The topological polar surface area (TPSA) is 50.1 Å². The number of hydrogen-bond donors (Lipinski definition) is 2. The summed E-state index contributed by atoms with van der Waals surface area (Å²) in [6.45, 7) is 13.7. The van der Waals surface area contributed by atoms with Gasteiger partial charge in [0.05, 0.1) is 16.8 Å². The van der Waals surface area contributed by atoms with Gasteiger partial charge >= 0.3 is 0 Å². The molecule has 0 bridgehead atoms. The van der Waals surface area contributed by atoms with E-state index in [2.05, 4.69) is 42.8 Å². The Morgan fingerprint density at radius 2 is 1.70 bits per heavy atom. The van der Waals surface area contributed by atoms with Crippen LogP contribution in [-0.2, 0) is 17.7 Å². The fraction of sp³-hybridized carbons (Fsp3) is 0.526. The summed E-state index contributed by atoms with van der Waals surface area (Å²) in [5, 5.41) is 18.7. The Morgan fingerprint density at radius 1 is 1.09 bits per heavy atom. The molecule has 1 aromatic heterocycles. The van der Waals surface area contributed by atoms with E-state index in [0.717, 1.165) is 11.3 Å². The molecule has 0 radical (unpaired) electrons. The highest BCUT2D eigenvalue weighted by Crippen LogP contribution is 2.22. The first-order chi connectivity index (χ1) is 10.6. The van der Waals surface area contributed by atoms with Gasteiger partial charge in [-0.25, -0.2) is 0 Å². The van der Waals surface area contributed by atoms with E-state index in [1.54, 1.807) is 0 Å². The predicted molar refractivity (Wildman–Crippen MR) is 94.4 cm³/mol. The van der Waals surface area contributed by atoms with Crippen LogP contribution in [-0.4, -0.2) is 21.4 Å². The molecule has 2 N–H and O–H groups in total. The quantitative estimate of drug-likeness (QED) is 0.890. The van der Waals surface area contributed by atoms with Gasteiger partial charge in [0.2, 0.25) is 0 Å². The Bertz CT molecular complexity index is 651. The van der Waals surface area contributed by atoms with Crippen molar-refractivity contribution in [1.82, 2.24) is 15.1 Å². The normalized spacial score (nSPS) is 14.7. The van der Waals surface area contributed by atoms with Crippen molar-refractivity contribution in [2.24, 2.45) is 0 Å². The molecule has 2 aromatic rings. The van der Waals surface area contributed by atoms with Crippen molar-refractivity contribution in [3.8, 4) is 0 Å². The Labute approximate surface area is 139 Å². The number of rotatable bonds is 5. The average Bonchev–Trinajstić information content (AvgIpc) is 2.76. The number of aliphatic hydroxyl groups is 1. The third-order valence-corrected chi connectivity index (χ3v) is 4.24. The molecule has 0 aliphatic rings. The molecule has 0 spiro atoms. The van der Waals surface area contributed by atoms with Gasteiger partial charge in [-0.15, -0.1) is 0 Å². The van der Waals surface area contributed by atoms with Gasteiger partial charge < -0.3 is 10.4 Å². The summed E-state index contributed by atoms with van der Waals surface area (Å²) in [6, 6.07) is 9.77. The van der Waals surface area contributed by atoms with Crippen molar-refractivity contribution < 1.29 is 5.11 Å². The van der Waals surface area contributed by atoms with Gasteiger partial charge in [-0.2, -0.15) is 5.10 Å². The van der Waals surface area contributed by atoms with Crippen LogP contribution in [0.1, 0.15) is 50.2 Å². The minimum absolute atomic E-state index is 0.0252. The van der Waals surface area contributed by atoms with E-state index in [1.807, 2.05) is 44.2 Å². The average molecular weight is 315 g/mol. The van der Waals surface area contributed by atoms with E-state index in [-0.39, 0.29) is 5.54 Å². The van der Waals surface area contributed by atoms with Crippen molar-refractivity contribution in [2.45, 2.75) is 59.2 Å². The lowest BCUT2D eigenvalue weighted by molar-refractivity contribution is 0.0566. The summed E-state index contributed by atoms with van der Waals surface area (Å²) in [4.78, 5) is 0.